The average molecular weight is 494 g/mol. The number of para-hydroxylation sites is 3. The first-order valence-electron chi connectivity index (χ1n) is 14.3. The van der Waals surface area contributed by atoms with E-state index in [9.17, 15) is 0 Å². The van der Waals surface area contributed by atoms with E-state index in [-0.39, 0.29) is 12.4 Å². The Morgan fingerprint density at radius 2 is 1.58 bits per heavy atom. The minimum Gasteiger partial charge on any atom is -0.458 e. The van der Waals surface area contributed by atoms with Gasteiger partial charge in [-0.05, 0) is 109 Å². The highest BCUT2D eigenvalue weighted by molar-refractivity contribution is 6.99. The van der Waals surface area contributed by atoms with Crippen molar-refractivity contribution < 1.29 is 4.74 Å². The molecular weight excluding hydrogens is 463 g/mol. The third-order valence-corrected chi connectivity index (χ3v) is 10.2. The largest absolute Gasteiger partial charge is 0.458 e. The summed E-state index contributed by atoms with van der Waals surface area (Å²) in [7, 11) is 0. The molecule has 38 heavy (non-hydrogen) atoms. The predicted octanol–water partition coefficient (Wildman–Crippen LogP) is 6.55. The number of hydrogen-bond acceptors (Lipinski definition) is 3. The van der Waals surface area contributed by atoms with Crippen molar-refractivity contribution in [1.82, 2.24) is 0 Å². The number of anilines is 4. The Morgan fingerprint density at radius 1 is 0.763 bits per heavy atom. The summed E-state index contributed by atoms with van der Waals surface area (Å²) in [4.78, 5) is 5.17. The zero-order valence-electron chi connectivity index (χ0n) is 22.0. The Hall–Kier alpha value is -3.66. The van der Waals surface area contributed by atoms with Gasteiger partial charge in [0, 0.05) is 11.4 Å². The molecule has 5 aliphatic rings. The van der Waals surface area contributed by atoms with Crippen LogP contribution in [0.1, 0.15) is 51.0 Å². The monoisotopic (exact) mass is 494 g/mol. The molecule has 2 bridgehead atoms. The van der Waals surface area contributed by atoms with Gasteiger partial charge in [0.15, 0.2) is 0 Å². The fourth-order valence-electron chi connectivity index (χ4n) is 8.79. The molecule has 0 amide bonds. The van der Waals surface area contributed by atoms with Crippen molar-refractivity contribution in [3.63, 3.8) is 0 Å². The average Bonchev–Trinajstić information content (AvgIpc) is 3.63. The molecule has 0 aromatic heterocycles. The molecule has 0 spiro atoms. The first kappa shape index (κ1) is 21.3. The maximum atomic E-state index is 6.77. The van der Waals surface area contributed by atoms with Crippen molar-refractivity contribution in [3.8, 4) is 11.5 Å². The summed E-state index contributed by atoms with van der Waals surface area (Å²) < 4.78 is 6.77. The first-order chi connectivity index (χ1) is 18.6. The maximum absolute atomic E-state index is 6.77. The van der Waals surface area contributed by atoms with Gasteiger partial charge in [-0.3, -0.25) is 0 Å². The summed E-state index contributed by atoms with van der Waals surface area (Å²) in [5.41, 5.74) is 10.4. The van der Waals surface area contributed by atoms with Gasteiger partial charge in [0.05, 0.1) is 11.4 Å². The number of ether oxygens (including phenoxy) is 1. The molecule has 9 rings (SSSR count). The molecule has 3 atom stereocenters. The molecule has 0 saturated heterocycles. The molecule has 0 N–H and O–H groups in total. The lowest BCUT2D eigenvalue weighted by Crippen LogP contribution is -2.62. The molecule has 4 heteroatoms. The smallest absolute Gasteiger partial charge is 0.256 e. The number of hydrogen-bond donors (Lipinski definition) is 0. The van der Waals surface area contributed by atoms with E-state index in [0.717, 1.165) is 23.3 Å². The molecule has 4 aromatic carbocycles. The first-order valence-corrected chi connectivity index (χ1v) is 14.3. The molecule has 3 unspecified atom stereocenters. The van der Waals surface area contributed by atoms with Gasteiger partial charge in [-0.2, -0.15) is 0 Å². The number of nitrogens with zero attached hydrogens (tertiary/aromatic N) is 2. The predicted molar refractivity (Wildman–Crippen MR) is 157 cm³/mol. The van der Waals surface area contributed by atoms with Gasteiger partial charge in [-0.15, -0.1) is 0 Å². The van der Waals surface area contributed by atoms with Crippen molar-refractivity contribution in [3.05, 3.63) is 90.5 Å². The van der Waals surface area contributed by atoms with Gasteiger partial charge < -0.3 is 14.5 Å². The topological polar surface area (TPSA) is 15.7 Å². The van der Waals surface area contributed by atoms with Crippen molar-refractivity contribution in [2.24, 2.45) is 11.8 Å². The van der Waals surface area contributed by atoms with E-state index in [4.69, 9.17) is 4.74 Å². The summed E-state index contributed by atoms with van der Waals surface area (Å²) >= 11 is 0. The van der Waals surface area contributed by atoms with E-state index in [1.54, 1.807) is 0 Å². The lowest BCUT2D eigenvalue weighted by Gasteiger charge is -2.45. The van der Waals surface area contributed by atoms with Crippen molar-refractivity contribution in [2.45, 2.75) is 51.1 Å². The minimum absolute atomic E-state index is 0.178. The van der Waals surface area contributed by atoms with E-state index in [0.29, 0.717) is 5.92 Å². The van der Waals surface area contributed by atoms with Crippen molar-refractivity contribution in [1.29, 1.82) is 0 Å². The lowest BCUT2D eigenvalue weighted by atomic mass is 9.34. The number of rotatable bonds is 2. The molecule has 2 saturated carbocycles. The van der Waals surface area contributed by atoms with Gasteiger partial charge in [0.25, 0.3) is 6.71 Å². The standard InChI is InChI=1S/C34H31BN2O/c1-34(2)36(24-9-4-3-5-10-24)28-13-8-12-27-33(28)37(34)29-19-23(25-18-21-15-16-22(25)17-21)20-31-32(29)35(27)26-11-6-7-14-30(26)38-31/h3-14,19-22,25H,15-18H2,1-2H3. The number of fused-ring (bicyclic) bond motifs is 6. The van der Waals surface area contributed by atoms with E-state index in [2.05, 4.69) is 109 Å². The summed E-state index contributed by atoms with van der Waals surface area (Å²) in [5.74, 6) is 4.46. The van der Waals surface area contributed by atoms with Crippen LogP contribution in [0.5, 0.6) is 11.5 Å². The number of benzene rings is 4. The van der Waals surface area contributed by atoms with Crippen LogP contribution in [0, 0.1) is 11.8 Å². The van der Waals surface area contributed by atoms with Crippen molar-refractivity contribution in [2.75, 3.05) is 9.80 Å². The highest BCUT2D eigenvalue weighted by atomic mass is 16.5. The highest BCUT2D eigenvalue weighted by Gasteiger charge is 2.53. The van der Waals surface area contributed by atoms with Crippen LogP contribution in [-0.2, 0) is 0 Å². The Kier molecular flexibility index (Phi) is 4.07. The summed E-state index contributed by atoms with van der Waals surface area (Å²) in [6, 6.07) is 31.5. The van der Waals surface area contributed by atoms with Crippen LogP contribution in [-0.4, -0.2) is 12.4 Å². The molecule has 186 valence electrons. The molecule has 3 nitrogen and oxygen atoms in total. The molecule has 2 fully saturated rings. The second kappa shape index (κ2) is 7.25. The van der Waals surface area contributed by atoms with Gasteiger partial charge in [-0.1, -0.05) is 55.0 Å². The summed E-state index contributed by atoms with van der Waals surface area (Å²) in [6.45, 7) is 4.92. The quantitative estimate of drug-likeness (QED) is 0.259. The van der Waals surface area contributed by atoms with Crippen LogP contribution in [0.15, 0.2) is 84.9 Å². The van der Waals surface area contributed by atoms with Crippen LogP contribution < -0.4 is 30.9 Å². The van der Waals surface area contributed by atoms with Gasteiger partial charge in [-0.25, -0.2) is 0 Å². The molecule has 3 heterocycles. The highest BCUT2D eigenvalue weighted by Crippen LogP contribution is 2.57. The third-order valence-electron chi connectivity index (χ3n) is 10.2. The second-order valence-corrected chi connectivity index (χ2v) is 12.5. The molecule has 0 radical (unpaired) electrons. The summed E-state index contributed by atoms with van der Waals surface area (Å²) in [6.07, 6.45) is 5.56. The minimum atomic E-state index is -0.275. The molecular formula is C34H31BN2O. The normalized spacial score (nSPS) is 24.7. The van der Waals surface area contributed by atoms with E-state index < -0.39 is 0 Å². The zero-order chi connectivity index (χ0) is 25.2. The second-order valence-electron chi connectivity index (χ2n) is 12.5. The lowest BCUT2D eigenvalue weighted by molar-refractivity contribution is 0.417. The molecule has 3 aliphatic heterocycles. The maximum Gasteiger partial charge on any atom is 0.256 e. The molecule has 4 aromatic rings. The van der Waals surface area contributed by atoms with Gasteiger partial charge in [0.1, 0.15) is 17.2 Å². The third kappa shape index (κ3) is 2.61. The Bertz CT molecular complexity index is 1630. The van der Waals surface area contributed by atoms with Crippen LogP contribution >= 0.6 is 0 Å². The summed E-state index contributed by atoms with van der Waals surface area (Å²) in [5, 5.41) is 0. The fraction of sp³-hybridized carbons (Fsp3) is 0.294. The zero-order valence-corrected chi connectivity index (χ0v) is 22.0. The van der Waals surface area contributed by atoms with Crippen LogP contribution in [0.3, 0.4) is 0 Å². The fourth-order valence-corrected chi connectivity index (χ4v) is 8.79. The molecule has 2 aliphatic carbocycles. The van der Waals surface area contributed by atoms with Crippen LogP contribution in [0.4, 0.5) is 22.7 Å². The van der Waals surface area contributed by atoms with E-state index in [1.165, 1.54) is 70.4 Å². The Morgan fingerprint density at radius 3 is 2.39 bits per heavy atom. The Balaban J connectivity index is 1.33. The van der Waals surface area contributed by atoms with Gasteiger partial charge in [0.2, 0.25) is 0 Å². The van der Waals surface area contributed by atoms with E-state index in [1.807, 2.05) is 0 Å². The van der Waals surface area contributed by atoms with Crippen molar-refractivity contribution >= 4 is 45.9 Å². The van der Waals surface area contributed by atoms with Crippen LogP contribution in [0.2, 0.25) is 0 Å². The van der Waals surface area contributed by atoms with E-state index >= 15 is 0 Å². The van der Waals surface area contributed by atoms with Gasteiger partial charge >= 0.3 is 0 Å². The Labute approximate surface area is 225 Å². The SMILES string of the molecule is CC1(C)N(c2ccccc2)c2cccc3c2N1c1cc(C2CC4CCC2C4)cc2c1B3c1ccccc1O2. The van der Waals surface area contributed by atoms with Crippen LogP contribution in [0.25, 0.3) is 0 Å².